The van der Waals surface area contributed by atoms with Crippen molar-refractivity contribution in [2.24, 2.45) is 0 Å². The van der Waals surface area contributed by atoms with Crippen LogP contribution in [0.2, 0.25) is 0 Å². The van der Waals surface area contributed by atoms with Gasteiger partial charge in [0.2, 0.25) is 17.7 Å². The molecule has 3 aliphatic heterocycles. The van der Waals surface area contributed by atoms with Gasteiger partial charge in [-0.25, -0.2) is 14.4 Å². The predicted molar refractivity (Wildman–Crippen MR) is 214 cm³/mol. The number of amides is 6. The van der Waals surface area contributed by atoms with Crippen LogP contribution in [0.1, 0.15) is 74.8 Å². The molecule has 5 aromatic rings. The highest BCUT2D eigenvalue weighted by molar-refractivity contribution is 6.25. The topological polar surface area (TPSA) is 219 Å². The van der Waals surface area contributed by atoms with Crippen LogP contribution in [0.3, 0.4) is 0 Å². The van der Waals surface area contributed by atoms with Gasteiger partial charge in [0.25, 0.3) is 17.7 Å². The Morgan fingerprint density at radius 2 is 1.77 bits per heavy atom. The van der Waals surface area contributed by atoms with E-state index in [1.165, 1.54) is 18.2 Å². The quantitative estimate of drug-likeness (QED) is 0.0856. The van der Waals surface area contributed by atoms with Crippen LogP contribution in [0, 0.1) is 5.82 Å². The lowest BCUT2D eigenvalue weighted by molar-refractivity contribution is -0.136. The number of nitrogens with one attached hydrogen (secondary N) is 5. The van der Waals surface area contributed by atoms with Gasteiger partial charge in [0.15, 0.2) is 11.5 Å². The summed E-state index contributed by atoms with van der Waals surface area (Å²) in [6.07, 6.45) is 9.88. The first-order valence-electron chi connectivity index (χ1n) is 19.9. The van der Waals surface area contributed by atoms with Gasteiger partial charge in [-0.2, -0.15) is 5.10 Å². The maximum absolute atomic E-state index is 15.6. The normalized spacial score (nSPS) is 18.2. The molecule has 6 amide bonds. The highest BCUT2D eigenvalue weighted by Gasteiger charge is 2.45. The lowest BCUT2D eigenvalue weighted by Gasteiger charge is -2.34. The zero-order valence-corrected chi connectivity index (χ0v) is 32.4. The number of halogens is 1. The average Bonchev–Trinajstić information content (AvgIpc) is 3.67. The van der Waals surface area contributed by atoms with Gasteiger partial charge in [0.05, 0.1) is 47.1 Å². The monoisotopic (exact) mass is 816 g/mol. The standard InChI is InChI=1S/C41H41FN12O6/c42-27-17-24(7-8-28(27)48-36-37-45-20-32(25-18-46-47-19-25)53(37)21-30(49-36)23-5-6-23)39(58)52-15-13-51(14-16-52)22-34(56)44-12-2-11-43-29-4-1-3-26-35(29)41(60)54(40(26)59)31-9-10-33(55)50-38(31)57/h1,3-4,7-8,17-21,23,31,43H,2,5-6,9-16,22H2,(H,44,56)(H,46,47)(H,48,49)(H,50,55,57). The summed E-state index contributed by atoms with van der Waals surface area (Å²) >= 11 is 0. The summed E-state index contributed by atoms with van der Waals surface area (Å²) in [5.41, 5.74) is 4.30. The Bertz CT molecular complexity index is 2550. The number of nitrogens with zero attached hydrogens (tertiary/aromatic N) is 7. The van der Waals surface area contributed by atoms with E-state index in [4.69, 9.17) is 4.98 Å². The summed E-state index contributed by atoms with van der Waals surface area (Å²) in [6.45, 7) is 2.57. The number of aromatic amines is 1. The molecule has 19 heteroatoms. The Balaban J connectivity index is 0.733. The molecule has 5 N–H and O–H groups in total. The number of fused-ring (bicyclic) bond motifs is 2. The highest BCUT2D eigenvalue weighted by atomic mass is 19.1. The third-order valence-electron chi connectivity index (χ3n) is 11.3. The van der Waals surface area contributed by atoms with Crippen molar-refractivity contribution >= 4 is 58.3 Å². The number of piperazine rings is 1. The van der Waals surface area contributed by atoms with Crippen LogP contribution < -0.4 is 21.3 Å². The van der Waals surface area contributed by atoms with Gasteiger partial charge in [0, 0.05) is 80.8 Å². The van der Waals surface area contributed by atoms with E-state index in [1.807, 2.05) is 15.5 Å². The summed E-state index contributed by atoms with van der Waals surface area (Å²) < 4.78 is 17.5. The fraction of sp³-hybridized carbons (Fsp3) is 0.341. The van der Waals surface area contributed by atoms with E-state index in [0.717, 1.165) is 34.7 Å². The van der Waals surface area contributed by atoms with Crippen LogP contribution in [0.4, 0.5) is 21.6 Å². The summed E-state index contributed by atoms with van der Waals surface area (Å²) in [5.74, 6) is -2.62. The molecule has 18 nitrogen and oxygen atoms in total. The molecule has 1 unspecified atom stereocenters. The van der Waals surface area contributed by atoms with Crippen LogP contribution in [0.5, 0.6) is 0 Å². The van der Waals surface area contributed by atoms with Crippen molar-refractivity contribution in [3.63, 3.8) is 0 Å². The van der Waals surface area contributed by atoms with E-state index >= 15 is 4.39 Å². The van der Waals surface area contributed by atoms with Gasteiger partial charge in [-0.05, 0) is 56.0 Å². The van der Waals surface area contributed by atoms with Gasteiger partial charge < -0.3 is 20.9 Å². The molecule has 2 aromatic carbocycles. The van der Waals surface area contributed by atoms with Crippen molar-refractivity contribution in [3.8, 4) is 11.3 Å². The summed E-state index contributed by atoms with van der Waals surface area (Å²) in [4.78, 5) is 90.5. The Kier molecular flexibility index (Phi) is 10.2. The van der Waals surface area contributed by atoms with Crippen LogP contribution in [0.15, 0.2) is 61.2 Å². The number of carbonyl (C=O) groups is 6. The molecular formula is C41H41FN12O6. The molecule has 9 rings (SSSR count). The highest BCUT2D eigenvalue weighted by Crippen LogP contribution is 2.40. The molecule has 0 spiro atoms. The molecule has 308 valence electrons. The number of benzene rings is 2. The van der Waals surface area contributed by atoms with Gasteiger partial charge in [-0.3, -0.25) is 53.4 Å². The molecular weight excluding hydrogens is 776 g/mol. The Hall–Kier alpha value is -7.02. The molecule has 3 fully saturated rings. The number of imidazole rings is 1. The minimum atomic E-state index is -1.05. The first-order chi connectivity index (χ1) is 29.1. The number of aromatic nitrogens is 5. The van der Waals surface area contributed by atoms with E-state index in [0.29, 0.717) is 68.8 Å². The number of imide groups is 2. The summed E-state index contributed by atoms with van der Waals surface area (Å²) in [5, 5.41) is 18.2. The predicted octanol–water partition coefficient (Wildman–Crippen LogP) is 2.66. The maximum atomic E-state index is 15.6. The molecule has 1 saturated carbocycles. The second-order valence-electron chi connectivity index (χ2n) is 15.3. The number of hydrogen-bond donors (Lipinski definition) is 5. The Morgan fingerprint density at radius 1 is 0.933 bits per heavy atom. The van der Waals surface area contributed by atoms with E-state index in [-0.39, 0.29) is 53.6 Å². The molecule has 1 aliphatic carbocycles. The molecule has 0 radical (unpaired) electrons. The third kappa shape index (κ3) is 7.54. The lowest BCUT2D eigenvalue weighted by atomic mass is 10.0. The van der Waals surface area contributed by atoms with Gasteiger partial charge in [-0.1, -0.05) is 6.07 Å². The van der Waals surface area contributed by atoms with Crippen molar-refractivity contribution in [1.82, 2.24) is 49.9 Å². The first kappa shape index (κ1) is 38.5. The fourth-order valence-electron chi connectivity index (χ4n) is 7.90. The van der Waals surface area contributed by atoms with Crippen molar-refractivity contribution in [2.45, 2.75) is 44.1 Å². The summed E-state index contributed by atoms with van der Waals surface area (Å²) in [6, 6.07) is 8.15. The van der Waals surface area contributed by atoms with Gasteiger partial charge >= 0.3 is 0 Å². The minimum Gasteiger partial charge on any atom is -0.384 e. The zero-order chi connectivity index (χ0) is 41.5. The average molecular weight is 817 g/mol. The van der Waals surface area contributed by atoms with E-state index in [2.05, 4.69) is 36.4 Å². The van der Waals surface area contributed by atoms with Crippen molar-refractivity contribution in [3.05, 3.63) is 89.4 Å². The first-order valence-corrected chi connectivity index (χ1v) is 19.9. The van der Waals surface area contributed by atoms with Crippen molar-refractivity contribution in [2.75, 3.05) is 56.4 Å². The molecule has 3 aromatic heterocycles. The van der Waals surface area contributed by atoms with Crippen LogP contribution >= 0.6 is 0 Å². The fourth-order valence-corrected chi connectivity index (χ4v) is 7.90. The molecule has 6 heterocycles. The largest absolute Gasteiger partial charge is 0.384 e. The van der Waals surface area contributed by atoms with Gasteiger partial charge in [-0.15, -0.1) is 0 Å². The molecule has 2 saturated heterocycles. The maximum Gasteiger partial charge on any atom is 0.264 e. The van der Waals surface area contributed by atoms with E-state index < -0.39 is 35.5 Å². The van der Waals surface area contributed by atoms with Crippen LogP contribution in [0.25, 0.3) is 16.9 Å². The van der Waals surface area contributed by atoms with E-state index in [1.54, 1.807) is 41.7 Å². The Morgan fingerprint density at radius 3 is 2.52 bits per heavy atom. The molecule has 0 bridgehead atoms. The molecule has 60 heavy (non-hydrogen) atoms. The summed E-state index contributed by atoms with van der Waals surface area (Å²) in [7, 11) is 0. The minimum absolute atomic E-state index is 0.0367. The third-order valence-corrected chi connectivity index (χ3v) is 11.3. The van der Waals surface area contributed by atoms with Crippen LogP contribution in [-0.2, 0) is 14.4 Å². The second kappa shape index (κ2) is 16.0. The number of hydrogen-bond acceptors (Lipinski definition) is 12. The van der Waals surface area contributed by atoms with E-state index in [9.17, 15) is 28.8 Å². The smallest absolute Gasteiger partial charge is 0.264 e. The van der Waals surface area contributed by atoms with Crippen molar-refractivity contribution < 1.29 is 33.2 Å². The molecule has 4 aliphatic rings. The number of H-pyrrole nitrogens is 1. The van der Waals surface area contributed by atoms with Gasteiger partial charge in [0.1, 0.15) is 11.9 Å². The number of piperidine rings is 1. The number of rotatable bonds is 13. The SMILES string of the molecule is O=C(CN1CCN(C(=O)c2ccc(Nc3nc(C4CC4)cn4c(-c5cn[nH]c5)cnc34)c(F)c2)CC1)NCCCNc1cccc2c1C(=O)N(C1CCC(=O)NC1=O)C2=O. The number of carbonyl (C=O) groups excluding carboxylic acids is 6. The molecule has 1 atom stereocenters. The second-order valence-corrected chi connectivity index (χ2v) is 15.3. The Labute approximate surface area is 341 Å². The zero-order valence-electron chi connectivity index (χ0n) is 32.4. The number of anilines is 3. The lowest BCUT2D eigenvalue weighted by Crippen LogP contribution is -2.54. The van der Waals surface area contributed by atoms with Crippen molar-refractivity contribution in [1.29, 1.82) is 0 Å². The van der Waals surface area contributed by atoms with Crippen LogP contribution in [-0.4, -0.2) is 127 Å².